The minimum absolute atomic E-state index is 0.278. The van der Waals surface area contributed by atoms with Crippen LogP contribution >= 0.6 is 0 Å². The van der Waals surface area contributed by atoms with E-state index in [4.69, 9.17) is 9.47 Å². The first-order valence-corrected chi connectivity index (χ1v) is 5.80. The number of hydrogen-bond acceptors (Lipinski definition) is 2. The fourth-order valence-electron chi connectivity index (χ4n) is 1.18. The Kier molecular flexibility index (Phi) is 10.1. The number of rotatable bonds is 5. The van der Waals surface area contributed by atoms with E-state index in [9.17, 15) is 0 Å². The van der Waals surface area contributed by atoms with Gasteiger partial charge in [-0.05, 0) is 26.7 Å². The smallest absolute Gasteiger partial charge is 0.0651 e. The number of ether oxygens (including phenoxy) is 2. The summed E-state index contributed by atoms with van der Waals surface area (Å²) in [6, 6.07) is 0. The molecule has 1 heterocycles. The quantitative estimate of drug-likeness (QED) is 0.665. The molecule has 0 bridgehead atoms. The van der Waals surface area contributed by atoms with Crippen molar-refractivity contribution in [3.05, 3.63) is 37.5 Å². The monoisotopic (exact) mass is 224 g/mol. The molecule has 0 spiro atoms. The molecule has 0 saturated carbocycles. The van der Waals surface area contributed by atoms with Crippen molar-refractivity contribution in [3.63, 3.8) is 0 Å². The zero-order valence-corrected chi connectivity index (χ0v) is 10.5. The Morgan fingerprint density at radius 3 is 2.56 bits per heavy atom. The van der Waals surface area contributed by atoms with Crippen LogP contribution in [0.15, 0.2) is 37.5 Å². The molecule has 2 atom stereocenters. The Balaban J connectivity index is 0.000000288. The molecule has 0 N–H and O–H groups in total. The summed E-state index contributed by atoms with van der Waals surface area (Å²) in [4.78, 5) is 0. The Bertz CT molecular complexity index is 209. The van der Waals surface area contributed by atoms with Crippen molar-refractivity contribution >= 4 is 0 Å². The van der Waals surface area contributed by atoms with Crippen molar-refractivity contribution in [2.75, 3.05) is 13.2 Å². The highest BCUT2D eigenvalue weighted by Crippen LogP contribution is 2.03. The molecule has 16 heavy (non-hydrogen) atoms. The third kappa shape index (κ3) is 9.69. The van der Waals surface area contributed by atoms with Gasteiger partial charge in [0.05, 0.1) is 25.4 Å². The summed E-state index contributed by atoms with van der Waals surface area (Å²) in [6.07, 6.45) is 10.5. The van der Waals surface area contributed by atoms with Crippen LogP contribution in [0.2, 0.25) is 0 Å². The molecule has 0 saturated heterocycles. The van der Waals surface area contributed by atoms with Crippen molar-refractivity contribution in [1.29, 1.82) is 0 Å². The molecule has 0 amide bonds. The SMILES string of the molecule is C=CCO[C@@H](C)CC=C.C[C@H]1CC=CCO1. The van der Waals surface area contributed by atoms with E-state index in [1.54, 1.807) is 6.08 Å². The molecule has 0 aliphatic carbocycles. The van der Waals surface area contributed by atoms with Crippen LogP contribution in [0.1, 0.15) is 26.7 Å². The second-order valence-corrected chi connectivity index (χ2v) is 3.81. The van der Waals surface area contributed by atoms with Crippen molar-refractivity contribution in [2.45, 2.75) is 38.9 Å². The van der Waals surface area contributed by atoms with E-state index in [2.05, 4.69) is 32.2 Å². The second kappa shape index (κ2) is 10.7. The summed E-state index contributed by atoms with van der Waals surface area (Å²) in [5.74, 6) is 0. The van der Waals surface area contributed by atoms with Gasteiger partial charge in [-0.15, -0.1) is 13.2 Å². The highest BCUT2D eigenvalue weighted by molar-refractivity contribution is 4.87. The molecule has 0 unspecified atom stereocenters. The normalized spacial score (nSPS) is 20.5. The van der Waals surface area contributed by atoms with E-state index in [1.165, 1.54) is 0 Å². The van der Waals surface area contributed by atoms with Crippen LogP contribution in [0.5, 0.6) is 0 Å². The van der Waals surface area contributed by atoms with Gasteiger partial charge < -0.3 is 9.47 Å². The molecular weight excluding hydrogens is 200 g/mol. The minimum Gasteiger partial charge on any atom is -0.374 e. The zero-order chi connectivity index (χ0) is 12.2. The summed E-state index contributed by atoms with van der Waals surface area (Å²) in [5, 5.41) is 0. The maximum Gasteiger partial charge on any atom is 0.0651 e. The van der Waals surface area contributed by atoms with Crippen LogP contribution in [0.4, 0.5) is 0 Å². The maximum atomic E-state index is 5.24. The third-order valence-corrected chi connectivity index (χ3v) is 2.11. The Hall–Kier alpha value is -0.860. The average molecular weight is 224 g/mol. The summed E-state index contributed by atoms with van der Waals surface area (Å²) in [6.45, 7) is 12.7. The van der Waals surface area contributed by atoms with Crippen molar-refractivity contribution in [1.82, 2.24) is 0 Å². The Morgan fingerprint density at radius 2 is 2.19 bits per heavy atom. The van der Waals surface area contributed by atoms with Crippen LogP contribution in [0, 0.1) is 0 Å². The summed E-state index contributed by atoms with van der Waals surface area (Å²) in [5.41, 5.74) is 0. The fraction of sp³-hybridized carbons (Fsp3) is 0.571. The third-order valence-electron chi connectivity index (χ3n) is 2.11. The van der Waals surface area contributed by atoms with E-state index in [-0.39, 0.29) is 6.10 Å². The van der Waals surface area contributed by atoms with Crippen LogP contribution in [-0.2, 0) is 9.47 Å². The summed E-state index contributed by atoms with van der Waals surface area (Å²) < 4.78 is 10.4. The Morgan fingerprint density at radius 1 is 1.44 bits per heavy atom. The summed E-state index contributed by atoms with van der Waals surface area (Å²) in [7, 11) is 0. The predicted molar refractivity (Wildman–Crippen MR) is 69.6 cm³/mol. The first-order valence-electron chi connectivity index (χ1n) is 5.80. The van der Waals surface area contributed by atoms with Gasteiger partial charge in [0.1, 0.15) is 0 Å². The van der Waals surface area contributed by atoms with Crippen molar-refractivity contribution in [3.8, 4) is 0 Å². The lowest BCUT2D eigenvalue weighted by atomic mass is 10.2. The first kappa shape index (κ1) is 15.1. The van der Waals surface area contributed by atoms with Crippen molar-refractivity contribution < 1.29 is 9.47 Å². The molecule has 1 aliphatic rings. The van der Waals surface area contributed by atoms with E-state index in [1.807, 2.05) is 13.0 Å². The molecule has 0 radical (unpaired) electrons. The topological polar surface area (TPSA) is 18.5 Å². The van der Waals surface area contributed by atoms with Gasteiger partial charge >= 0.3 is 0 Å². The summed E-state index contributed by atoms with van der Waals surface area (Å²) >= 11 is 0. The average Bonchev–Trinajstić information content (AvgIpc) is 2.29. The largest absolute Gasteiger partial charge is 0.374 e. The molecule has 0 aromatic heterocycles. The molecule has 0 fully saturated rings. The van der Waals surface area contributed by atoms with Gasteiger partial charge in [0.25, 0.3) is 0 Å². The molecule has 1 aliphatic heterocycles. The Labute approximate surface area is 99.6 Å². The molecular formula is C14H24O2. The molecule has 0 aromatic rings. The molecule has 0 aromatic carbocycles. The van der Waals surface area contributed by atoms with Crippen LogP contribution in [0.3, 0.4) is 0 Å². The highest BCUT2D eigenvalue weighted by atomic mass is 16.5. The zero-order valence-electron chi connectivity index (χ0n) is 10.5. The van der Waals surface area contributed by atoms with Crippen LogP contribution < -0.4 is 0 Å². The van der Waals surface area contributed by atoms with Gasteiger partial charge in [0.2, 0.25) is 0 Å². The first-order chi connectivity index (χ1) is 7.70. The standard InChI is InChI=1S/C8H14O.C6H10O/c1-4-6-8(3)9-7-5-2;1-6-4-2-3-5-7-6/h4-5,8H,1-2,6-7H2,3H3;2-3,6H,4-5H2,1H3/t8-;6-/m00/s1. The molecule has 2 nitrogen and oxygen atoms in total. The lowest BCUT2D eigenvalue weighted by Gasteiger charge is -2.12. The van der Waals surface area contributed by atoms with E-state index < -0.39 is 0 Å². The molecule has 2 heteroatoms. The lowest BCUT2D eigenvalue weighted by Crippen LogP contribution is -2.09. The minimum atomic E-state index is 0.278. The van der Waals surface area contributed by atoms with Gasteiger partial charge in [-0.2, -0.15) is 0 Å². The number of hydrogen-bond donors (Lipinski definition) is 0. The van der Waals surface area contributed by atoms with Gasteiger partial charge in [-0.3, -0.25) is 0 Å². The van der Waals surface area contributed by atoms with Gasteiger partial charge in [0, 0.05) is 0 Å². The predicted octanol–water partition coefficient (Wildman–Crippen LogP) is 3.51. The fourth-order valence-corrected chi connectivity index (χ4v) is 1.18. The van der Waals surface area contributed by atoms with Gasteiger partial charge in [-0.1, -0.05) is 24.3 Å². The van der Waals surface area contributed by atoms with Crippen LogP contribution in [-0.4, -0.2) is 25.4 Å². The highest BCUT2D eigenvalue weighted by Gasteiger charge is 2.00. The second-order valence-electron chi connectivity index (χ2n) is 3.81. The molecule has 92 valence electrons. The van der Waals surface area contributed by atoms with E-state index in [0.717, 1.165) is 19.4 Å². The van der Waals surface area contributed by atoms with Crippen LogP contribution in [0.25, 0.3) is 0 Å². The lowest BCUT2D eigenvalue weighted by molar-refractivity contribution is 0.0820. The van der Waals surface area contributed by atoms with Gasteiger partial charge in [0.15, 0.2) is 0 Å². The van der Waals surface area contributed by atoms with Gasteiger partial charge in [-0.25, -0.2) is 0 Å². The maximum absolute atomic E-state index is 5.24. The van der Waals surface area contributed by atoms with E-state index >= 15 is 0 Å². The van der Waals surface area contributed by atoms with E-state index in [0.29, 0.717) is 12.7 Å². The molecule has 1 rings (SSSR count). The van der Waals surface area contributed by atoms with Crippen molar-refractivity contribution in [2.24, 2.45) is 0 Å².